The summed E-state index contributed by atoms with van der Waals surface area (Å²) in [5, 5.41) is 2.34. The molecule has 3 aromatic carbocycles. The summed E-state index contributed by atoms with van der Waals surface area (Å²) < 4.78 is 2.08. The number of halogens is 2. The lowest BCUT2D eigenvalue weighted by atomic mass is 9.96. The van der Waals surface area contributed by atoms with Gasteiger partial charge in [0.2, 0.25) is 0 Å². The van der Waals surface area contributed by atoms with Crippen molar-refractivity contribution in [3.05, 3.63) is 75.7 Å². The molecule has 0 saturated carbocycles. The van der Waals surface area contributed by atoms with Gasteiger partial charge in [0.05, 0.1) is 11.0 Å². The summed E-state index contributed by atoms with van der Waals surface area (Å²) in [5.41, 5.74) is 4.45. The van der Waals surface area contributed by atoms with Gasteiger partial charge in [-0.1, -0.05) is 74.3 Å². The van der Waals surface area contributed by atoms with Gasteiger partial charge < -0.3 is 0 Å². The van der Waals surface area contributed by atoms with E-state index in [0.717, 1.165) is 20.0 Å². The number of benzene rings is 3. The summed E-state index contributed by atoms with van der Waals surface area (Å²) in [6.45, 7) is 0. The van der Waals surface area contributed by atoms with Crippen LogP contribution < -0.4 is 0 Å². The highest BCUT2D eigenvalue weighted by atomic mass is 79.9. The minimum atomic E-state index is 0.999. The van der Waals surface area contributed by atoms with Crippen molar-refractivity contribution in [2.24, 2.45) is 0 Å². The third-order valence-electron chi connectivity index (χ3n) is 3.76. The summed E-state index contributed by atoms with van der Waals surface area (Å²) in [6.07, 6.45) is 0. The van der Waals surface area contributed by atoms with Crippen LogP contribution in [0.3, 0.4) is 0 Å². The molecule has 0 bridgehead atoms. The van der Waals surface area contributed by atoms with Crippen LogP contribution in [0.15, 0.2) is 75.7 Å². The van der Waals surface area contributed by atoms with Gasteiger partial charge in [-0.05, 0) is 29.8 Å². The normalized spacial score (nSPS) is 11.2. The largest absolute Gasteiger partial charge is 0.248 e. The van der Waals surface area contributed by atoms with E-state index in [1.165, 1.54) is 21.9 Å². The molecule has 4 rings (SSSR count). The van der Waals surface area contributed by atoms with Gasteiger partial charge >= 0.3 is 0 Å². The molecular formula is C19H11Br2N. The molecule has 1 nitrogen and oxygen atoms in total. The molecule has 0 aliphatic rings. The highest BCUT2D eigenvalue weighted by Crippen LogP contribution is 2.36. The fourth-order valence-corrected chi connectivity index (χ4v) is 3.51. The van der Waals surface area contributed by atoms with E-state index in [0.29, 0.717) is 0 Å². The van der Waals surface area contributed by atoms with E-state index in [2.05, 4.69) is 92.5 Å². The first-order chi connectivity index (χ1) is 10.7. The molecule has 1 aromatic heterocycles. The first-order valence-electron chi connectivity index (χ1n) is 6.96. The number of fused-ring (bicyclic) bond motifs is 2. The van der Waals surface area contributed by atoms with Gasteiger partial charge in [0.15, 0.2) is 0 Å². The van der Waals surface area contributed by atoms with Crippen LogP contribution >= 0.6 is 31.9 Å². The molecule has 22 heavy (non-hydrogen) atoms. The average Bonchev–Trinajstić information content (AvgIpc) is 2.53. The van der Waals surface area contributed by atoms with E-state index < -0.39 is 0 Å². The molecule has 1 heterocycles. The quantitative estimate of drug-likeness (QED) is 0.322. The Kier molecular flexibility index (Phi) is 3.47. The van der Waals surface area contributed by atoms with Crippen LogP contribution in [0.2, 0.25) is 0 Å². The summed E-state index contributed by atoms with van der Waals surface area (Å²) >= 11 is 7.08. The minimum Gasteiger partial charge on any atom is -0.248 e. The monoisotopic (exact) mass is 411 g/mol. The van der Waals surface area contributed by atoms with Crippen molar-refractivity contribution in [2.45, 2.75) is 0 Å². The Hall–Kier alpha value is -1.71. The van der Waals surface area contributed by atoms with Crippen LogP contribution in [0.1, 0.15) is 0 Å². The predicted molar refractivity (Wildman–Crippen MR) is 100 cm³/mol. The number of nitrogens with zero attached hydrogens (tertiary/aromatic N) is 1. The van der Waals surface area contributed by atoms with Gasteiger partial charge in [-0.2, -0.15) is 0 Å². The molecule has 0 aliphatic carbocycles. The third-order valence-corrected chi connectivity index (χ3v) is 4.75. The molecule has 0 radical (unpaired) electrons. The lowest BCUT2D eigenvalue weighted by molar-refractivity contribution is 1.48. The topological polar surface area (TPSA) is 12.9 Å². The Morgan fingerprint density at radius 3 is 1.73 bits per heavy atom. The smallest absolute Gasteiger partial charge is 0.0727 e. The number of aromatic nitrogens is 1. The van der Waals surface area contributed by atoms with Gasteiger partial charge in [-0.3, -0.25) is 0 Å². The fourth-order valence-electron chi connectivity index (χ4n) is 2.81. The van der Waals surface area contributed by atoms with Gasteiger partial charge in [0.1, 0.15) is 0 Å². The van der Waals surface area contributed by atoms with E-state index in [1.807, 2.05) is 6.07 Å². The molecule has 0 unspecified atom stereocenters. The average molecular weight is 413 g/mol. The highest BCUT2D eigenvalue weighted by Gasteiger charge is 2.11. The Morgan fingerprint density at radius 1 is 0.636 bits per heavy atom. The summed E-state index contributed by atoms with van der Waals surface area (Å²) in [4.78, 5) is 4.83. The molecular weight excluding hydrogens is 402 g/mol. The highest BCUT2D eigenvalue weighted by molar-refractivity contribution is 9.10. The van der Waals surface area contributed by atoms with E-state index in [4.69, 9.17) is 4.98 Å². The molecule has 0 saturated heterocycles. The Morgan fingerprint density at radius 2 is 1.18 bits per heavy atom. The van der Waals surface area contributed by atoms with Crippen LogP contribution in [0, 0.1) is 0 Å². The second kappa shape index (κ2) is 5.49. The van der Waals surface area contributed by atoms with E-state index in [1.54, 1.807) is 0 Å². The second-order valence-electron chi connectivity index (χ2n) is 5.18. The van der Waals surface area contributed by atoms with Gasteiger partial charge in [-0.15, -0.1) is 0 Å². The standard InChI is InChI=1S/C19H11Br2N/c20-13-6-8-15-17(10-13)22-18-11-14(21)7-9-16(18)19(15)12-4-2-1-3-5-12/h1-11H. The zero-order chi connectivity index (χ0) is 15.1. The Bertz CT molecular complexity index is 934. The maximum atomic E-state index is 4.83. The van der Waals surface area contributed by atoms with Crippen molar-refractivity contribution in [2.75, 3.05) is 0 Å². The molecule has 106 valence electrons. The van der Waals surface area contributed by atoms with Crippen molar-refractivity contribution in [3.63, 3.8) is 0 Å². The van der Waals surface area contributed by atoms with Crippen molar-refractivity contribution in [1.29, 1.82) is 0 Å². The number of rotatable bonds is 1. The number of hydrogen-bond acceptors (Lipinski definition) is 1. The zero-order valence-corrected chi connectivity index (χ0v) is 14.7. The fraction of sp³-hybridized carbons (Fsp3) is 0. The van der Waals surface area contributed by atoms with Crippen LogP contribution in [-0.4, -0.2) is 4.98 Å². The first-order valence-corrected chi connectivity index (χ1v) is 8.55. The van der Waals surface area contributed by atoms with Crippen molar-refractivity contribution in [3.8, 4) is 11.1 Å². The molecule has 0 amide bonds. The maximum absolute atomic E-state index is 4.83. The molecule has 0 spiro atoms. The van der Waals surface area contributed by atoms with Crippen LogP contribution in [0.25, 0.3) is 32.9 Å². The SMILES string of the molecule is Brc1ccc2c(-c3ccccc3)c3ccc(Br)cc3nc2c1. The predicted octanol–water partition coefficient (Wildman–Crippen LogP) is 6.58. The number of hydrogen-bond donors (Lipinski definition) is 0. The van der Waals surface area contributed by atoms with Crippen LogP contribution in [-0.2, 0) is 0 Å². The summed E-state index contributed by atoms with van der Waals surface area (Å²) in [7, 11) is 0. The lowest BCUT2D eigenvalue weighted by Crippen LogP contribution is -1.89. The molecule has 0 N–H and O–H groups in total. The molecule has 0 atom stereocenters. The molecule has 4 aromatic rings. The van der Waals surface area contributed by atoms with Gasteiger partial charge in [-0.25, -0.2) is 4.98 Å². The molecule has 3 heteroatoms. The molecule has 0 aliphatic heterocycles. The maximum Gasteiger partial charge on any atom is 0.0727 e. The zero-order valence-electron chi connectivity index (χ0n) is 11.6. The summed E-state index contributed by atoms with van der Waals surface area (Å²) in [5.74, 6) is 0. The van der Waals surface area contributed by atoms with E-state index in [-0.39, 0.29) is 0 Å². The Balaban J connectivity index is 2.22. The van der Waals surface area contributed by atoms with Crippen LogP contribution in [0.5, 0.6) is 0 Å². The van der Waals surface area contributed by atoms with Crippen LogP contribution in [0.4, 0.5) is 0 Å². The second-order valence-corrected chi connectivity index (χ2v) is 7.01. The number of pyridine rings is 1. The van der Waals surface area contributed by atoms with Crippen molar-refractivity contribution in [1.82, 2.24) is 4.98 Å². The van der Waals surface area contributed by atoms with Gasteiger partial charge in [0, 0.05) is 25.3 Å². The van der Waals surface area contributed by atoms with Crippen molar-refractivity contribution >= 4 is 53.7 Å². The minimum absolute atomic E-state index is 0.999. The van der Waals surface area contributed by atoms with Crippen molar-refractivity contribution < 1.29 is 0 Å². The summed E-state index contributed by atoms with van der Waals surface area (Å²) in [6, 6.07) is 23.0. The van der Waals surface area contributed by atoms with E-state index >= 15 is 0 Å². The lowest BCUT2D eigenvalue weighted by Gasteiger charge is -2.12. The first kappa shape index (κ1) is 13.9. The van der Waals surface area contributed by atoms with Gasteiger partial charge in [0.25, 0.3) is 0 Å². The van der Waals surface area contributed by atoms with E-state index in [9.17, 15) is 0 Å². The molecule has 0 fully saturated rings. The third kappa shape index (κ3) is 2.34. The Labute approximate surface area is 145 Å².